The van der Waals surface area contributed by atoms with Crippen LogP contribution >= 0.6 is 0 Å². The number of aliphatic carboxylic acids is 1. The van der Waals surface area contributed by atoms with Crippen LogP contribution in [0.5, 0.6) is 0 Å². The van der Waals surface area contributed by atoms with Crippen molar-refractivity contribution in [3.8, 4) is 0 Å². The summed E-state index contributed by atoms with van der Waals surface area (Å²) in [6.07, 6.45) is 1.38. The minimum Gasteiger partial charge on any atom is -0.481 e. The summed E-state index contributed by atoms with van der Waals surface area (Å²) in [5.74, 6) is -0.231. The van der Waals surface area contributed by atoms with Crippen molar-refractivity contribution >= 4 is 5.97 Å². The van der Waals surface area contributed by atoms with E-state index in [-0.39, 0.29) is 29.8 Å². The van der Waals surface area contributed by atoms with Gasteiger partial charge in [0, 0.05) is 0 Å². The first-order valence-corrected chi connectivity index (χ1v) is 4.52. The number of carbonyl (C=O) groups is 1. The first kappa shape index (κ1) is 8.05. The van der Waals surface area contributed by atoms with Gasteiger partial charge in [0.2, 0.25) is 0 Å². The molecule has 0 saturated heterocycles. The second kappa shape index (κ2) is 2.46. The molecule has 0 heterocycles. The number of aliphatic hydroxyl groups is 1. The molecule has 68 valence electrons. The molecule has 0 aromatic carbocycles. The highest BCUT2D eigenvalue weighted by molar-refractivity contribution is 5.71. The van der Waals surface area contributed by atoms with Crippen LogP contribution in [0.3, 0.4) is 0 Å². The minimum absolute atomic E-state index is 0.163. The number of carboxylic acids is 1. The van der Waals surface area contributed by atoms with Gasteiger partial charge in [0.1, 0.15) is 0 Å². The molecular formula is C9H14O3. The van der Waals surface area contributed by atoms with Crippen LogP contribution in [-0.2, 0) is 4.79 Å². The molecule has 2 rings (SSSR count). The summed E-state index contributed by atoms with van der Waals surface area (Å²) >= 11 is 0. The van der Waals surface area contributed by atoms with Crippen molar-refractivity contribution in [2.45, 2.75) is 25.9 Å². The Hall–Kier alpha value is -0.570. The van der Waals surface area contributed by atoms with Gasteiger partial charge in [-0.05, 0) is 30.6 Å². The van der Waals surface area contributed by atoms with E-state index in [1.54, 1.807) is 0 Å². The lowest BCUT2D eigenvalue weighted by Gasteiger charge is -2.28. The predicted octanol–water partition coefficient (Wildman–Crippen LogP) is 0.724. The molecule has 12 heavy (non-hydrogen) atoms. The van der Waals surface area contributed by atoms with Crippen LogP contribution in [0.1, 0.15) is 19.8 Å². The van der Waals surface area contributed by atoms with E-state index in [4.69, 9.17) is 5.11 Å². The zero-order chi connectivity index (χ0) is 8.88. The zero-order valence-corrected chi connectivity index (χ0v) is 7.10. The van der Waals surface area contributed by atoms with E-state index in [2.05, 4.69) is 0 Å². The standard InChI is InChI=1S/C9H14O3/c1-4-6-2-5(3-7(6)10)8(4)9(11)12/h4-8,10H,2-3H2,1H3,(H,11,12)/t4-,5+,6-,7+,8+/m0/s1. The maximum atomic E-state index is 10.8. The highest BCUT2D eigenvalue weighted by atomic mass is 16.4. The molecule has 2 aliphatic carbocycles. The first-order valence-electron chi connectivity index (χ1n) is 4.52. The lowest BCUT2D eigenvalue weighted by molar-refractivity contribution is -0.146. The van der Waals surface area contributed by atoms with Crippen molar-refractivity contribution < 1.29 is 15.0 Å². The van der Waals surface area contributed by atoms with Crippen molar-refractivity contribution in [2.75, 3.05) is 0 Å². The van der Waals surface area contributed by atoms with Crippen molar-refractivity contribution in [3.05, 3.63) is 0 Å². The van der Waals surface area contributed by atoms with Crippen molar-refractivity contribution in [2.24, 2.45) is 23.7 Å². The van der Waals surface area contributed by atoms with Gasteiger partial charge in [-0.1, -0.05) is 6.92 Å². The molecule has 2 aliphatic rings. The van der Waals surface area contributed by atoms with Crippen LogP contribution in [0.15, 0.2) is 0 Å². The lowest BCUT2D eigenvalue weighted by atomic mass is 9.79. The third kappa shape index (κ3) is 0.891. The van der Waals surface area contributed by atoms with E-state index in [0.29, 0.717) is 6.42 Å². The van der Waals surface area contributed by atoms with Gasteiger partial charge in [0.25, 0.3) is 0 Å². The molecule has 2 saturated carbocycles. The fourth-order valence-electron chi connectivity index (χ4n) is 3.07. The molecule has 3 heteroatoms. The number of hydrogen-bond acceptors (Lipinski definition) is 2. The van der Waals surface area contributed by atoms with E-state index in [1.165, 1.54) is 0 Å². The van der Waals surface area contributed by atoms with Gasteiger partial charge >= 0.3 is 5.97 Å². The Balaban J connectivity index is 2.18. The molecule has 2 bridgehead atoms. The Labute approximate surface area is 71.4 Å². The smallest absolute Gasteiger partial charge is 0.307 e. The predicted molar refractivity (Wildman–Crippen MR) is 42.5 cm³/mol. The van der Waals surface area contributed by atoms with E-state index >= 15 is 0 Å². The van der Waals surface area contributed by atoms with Gasteiger partial charge in [-0.25, -0.2) is 0 Å². The topological polar surface area (TPSA) is 57.5 Å². The molecule has 0 unspecified atom stereocenters. The van der Waals surface area contributed by atoms with Crippen molar-refractivity contribution in [1.82, 2.24) is 0 Å². The quantitative estimate of drug-likeness (QED) is 0.609. The van der Waals surface area contributed by atoms with Crippen LogP contribution < -0.4 is 0 Å². The fraction of sp³-hybridized carbons (Fsp3) is 0.889. The Morgan fingerprint density at radius 3 is 2.50 bits per heavy atom. The van der Waals surface area contributed by atoms with Gasteiger partial charge < -0.3 is 10.2 Å². The average molecular weight is 170 g/mol. The number of rotatable bonds is 1. The van der Waals surface area contributed by atoms with E-state index < -0.39 is 5.97 Å². The Morgan fingerprint density at radius 2 is 2.08 bits per heavy atom. The molecule has 2 fully saturated rings. The summed E-state index contributed by atoms with van der Waals surface area (Å²) in [6, 6.07) is 0. The maximum absolute atomic E-state index is 10.8. The molecule has 0 aromatic heterocycles. The fourth-order valence-corrected chi connectivity index (χ4v) is 3.07. The van der Waals surface area contributed by atoms with Gasteiger partial charge in [-0.15, -0.1) is 0 Å². The molecule has 0 aromatic rings. The number of fused-ring (bicyclic) bond motifs is 2. The average Bonchev–Trinajstić information content (AvgIpc) is 2.42. The van der Waals surface area contributed by atoms with Gasteiger partial charge in [-0.3, -0.25) is 4.79 Å². The molecular weight excluding hydrogens is 156 g/mol. The SMILES string of the molecule is C[C@H]1[C@@H]2C[C@H](C[C@H]2O)[C@@H]1C(=O)O. The summed E-state index contributed by atoms with van der Waals surface area (Å²) in [6.45, 7) is 1.95. The lowest BCUT2D eigenvalue weighted by Crippen LogP contribution is -2.33. The molecule has 5 atom stereocenters. The van der Waals surface area contributed by atoms with Crippen LogP contribution in [0.4, 0.5) is 0 Å². The van der Waals surface area contributed by atoms with Crippen molar-refractivity contribution in [3.63, 3.8) is 0 Å². The van der Waals surface area contributed by atoms with Crippen LogP contribution in [0, 0.1) is 23.7 Å². The summed E-state index contributed by atoms with van der Waals surface area (Å²) in [7, 11) is 0. The molecule has 0 aliphatic heterocycles. The summed E-state index contributed by atoms with van der Waals surface area (Å²) in [5.41, 5.74) is 0. The van der Waals surface area contributed by atoms with Gasteiger partial charge in [0.05, 0.1) is 12.0 Å². The largest absolute Gasteiger partial charge is 0.481 e. The second-order valence-corrected chi connectivity index (χ2v) is 4.19. The third-order valence-electron chi connectivity index (χ3n) is 3.65. The van der Waals surface area contributed by atoms with Crippen molar-refractivity contribution in [1.29, 1.82) is 0 Å². The zero-order valence-electron chi connectivity index (χ0n) is 7.10. The van der Waals surface area contributed by atoms with E-state index in [1.807, 2.05) is 6.92 Å². The number of aliphatic hydroxyl groups excluding tert-OH is 1. The normalized spacial score (nSPS) is 51.3. The highest BCUT2D eigenvalue weighted by Gasteiger charge is 2.52. The van der Waals surface area contributed by atoms with E-state index in [9.17, 15) is 9.90 Å². The highest BCUT2D eigenvalue weighted by Crippen LogP contribution is 2.52. The third-order valence-corrected chi connectivity index (χ3v) is 3.65. The Kier molecular flexibility index (Phi) is 1.65. The second-order valence-electron chi connectivity index (χ2n) is 4.19. The number of hydrogen-bond donors (Lipinski definition) is 2. The van der Waals surface area contributed by atoms with Crippen LogP contribution in [0.2, 0.25) is 0 Å². The summed E-state index contributed by atoms with van der Waals surface area (Å²) in [5, 5.41) is 18.4. The Bertz CT molecular complexity index is 212. The summed E-state index contributed by atoms with van der Waals surface area (Å²) < 4.78 is 0. The molecule has 3 nitrogen and oxygen atoms in total. The molecule has 2 N–H and O–H groups in total. The Morgan fingerprint density at radius 1 is 1.42 bits per heavy atom. The number of carboxylic acid groups (broad SMARTS) is 1. The maximum Gasteiger partial charge on any atom is 0.307 e. The summed E-state index contributed by atoms with van der Waals surface area (Å²) in [4.78, 5) is 10.8. The minimum atomic E-state index is -0.679. The monoisotopic (exact) mass is 170 g/mol. The van der Waals surface area contributed by atoms with E-state index in [0.717, 1.165) is 6.42 Å². The molecule has 0 amide bonds. The van der Waals surface area contributed by atoms with Crippen LogP contribution in [0.25, 0.3) is 0 Å². The van der Waals surface area contributed by atoms with Crippen LogP contribution in [-0.4, -0.2) is 22.3 Å². The van der Waals surface area contributed by atoms with Gasteiger partial charge in [0.15, 0.2) is 0 Å². The molecule has 0 radical (unpaired) electrons. The molecule has 0 spiro atoms. The van der Waals surface area contributed by atoms with Gasteiger partial charge in [-0.2, -0.15) is 0 Å². The first-order chi connectivity index (χ1) is 5.61.